The van der Waals surface area contributed by atoms with Gasteiger partial charge in [0.1, 0.15) is 5.15 Å². The Morgan fingerprint density at radius 2 is 1.80 bits per heavy atom. The van der Waals surface area contributed by atoms with Gasteiger partial charge in [-0.3, -0.25) is 14.5 Å². The Morgan fingerprint density at radius 3 is 2.57 bits per heavy atom. The lowest BCUT2D eigenvalue weighted by molar-refractivity contribution is -0.117. The normalized spacial score (nSPS) is 15.1. The van der Waals surface area contributed by atoms with Crippen LogP contribution in [0.15, 0.2) is 60.7 Å². The fraction of sp³-hybridized carbons (Fsp3) is 0.261. The SMILES string of the molecule is O=C(CN1CCC(NC(=O)c2ccc3nc(Cl)ccc3c2)CC1)Nc1ccccc1. The van der Waals surface area contributed by atoms with E-state index >= 15 is 0 Å². The minimum Gasteiger partial charge on any atom is -0.349 e. The van der Waals surface area contributed by atoms with E-state index in [9.17, 15) is 9.59 Å². The molecule has 1 fully saturated rings. The molecule has 0 atom stereocenters. The van der Waals surface area contributed by atoms with Crippen molar-refractivity contribution in [3.05, 3.63) is 71.4 Å². The van der Waals surface area contributed by atoms with E-state index in [0.717, 1.165) is 42.5 Å². The van der Waals surface area contributed by atoms with Crippen molar-refractivity contribution in [2.45, 2.75) is 18.9 Å². The van der Waals surface area contributed by atoms with E-state index in [1.807, 2.05) is 48.5 Å². The molecule has 154 valence electrons. The average Bonchev–Trinajstić information content (AvgIpc) is 2.75. The highest BCUT2D eigenvalue weighted by Crippen LogP contribution is 2.18. The van der Waals surface area contributed by atoms with Gasteiger partial charge in [-0.2, -0.15) is 0 Å². The number of nitrogens with one attached hydrogen (secondary N) is 2. The highest BCUT2D eigenvalue weighted by Gasteiger charge is 2.22. The lowest BCUT2D eigenvalue weighted by Gasteiger charge is -2.31. The van der Waals surface area contributed by atoms with Crippen LogP contribution in [0.2, 0.25) is 5.15 Å². The van der Waals surface area contributed by atoms with Gasteiger partial charge < -0.3 is 10.6 Å². The number of nitrogens with zero attached hydrogens (tertiary/aromatic N) is 2. The lowest BCUT2D eigenvalue weighted by Crippen LogP contribution is -2.46. The van der Waals surface area contributed by atoms with Crippen molar-refractivity contribution >= 4 is 40.0 Å². The maximum Gasteiger partial charge on any atom is 0.251 e. The first-order valence-electron chi connectivity index (χ1n) is 10.0. The summed E-state index contributed by atoms with van der Waals surface area (Å²) >= 11 is 5.91. The average molecular weight is 423 g/mol. The Bertz CT molecular complexity index is 1050. The number of amides is 2. The van der Waals surface area contributed by atoms with Crippen molar-refractivity contribution in [1.29, 1.82) is 0 Å². The van der Waals surface area contributed by atoms with Crippen LogP contribution in [-0.4, -0.2) is 47.4 Å². The van der Waals surface area contributed by atoms with Crippen LogP contribution in [0.5, 0.6) is 0 Å². The van der Waals surface area contributed by atoms with Crippen LogP contribution in [0, 0.1) is 0 Å². The number of rotatable bonds is 5. The number of para-hydroxylation sites is 1. The van der Waals surface area contributed by atoms with Crippen LogP contribution in [0.4, 0.5) is 5.69 Å². The Hall–Kier alpha value is -2.96. The topological polar surface area (TPSA) is 74.3 Å². The third-order valence-corrected chi connectivity index (χ3v) is 5.48. The number of likely N-dealkylation sites (tertiary alicyclic amines) is 1. The number of piperidine rings is 1. The van der Waals surface area contributed by atoms with Gasteiger partial charge in [-0.1, -0.05) is 29.8 Å². The predicted molar refractivity (Wildman–Crippen MR) is 119 cm³/mol. The summed E-state index contributed by atoms with van der Waals surface area (Å²) in [4.78, 5) is 31.2. The standard InChI is InChI=1S/C23H23ClN4O2/c24-21-9-7-16-14-17(6-8-20(16)27-21)23(30)26-19-10-12-28(13-11-19)15-22(29)25-18-4-2-1-3-5-18/h1-9,14,19H,10-13,15H2,(H,25,29)(H,26,30). The molecule has 0 saturated carbocycles. The van der Waals surface area contributed by atoms with E-state index < -0.39 is 0 Å². The zero-order chi connectivity index (χ0) is 20.9. The fourth-order valence-electron chi connectivity index (χ4n) is 3.67. The molecule has 0 spiro atoms. The summed E-state index contributed by atoms with van der Waals surface area (Å²) in [6.45, 7) is 1.90. The highest BCUT2D eigenvalue weighted by molar-refractivity contribution is 6.29. The molecule has 30 heavy (non-hydrogen) atoms. The number of aromatic nitrogens is 1. The second-order valence-electron chi connectivity index (χ2n) is 7.48. The van der Waals surface area contributed by atoms with Crippen molar-refractivity contribution in [2.24, 2.45) is 0 Å². The Kier molecular flexibility index (Phi) is 6.26. The first-order valence-corrected chi connectivity index (χ1v) is 10.4. The Balaban J connectivity index is 1.26. The van der Waals surface area contributed by atoms with Gasteiger partial charge in [0.25, 0.3) is 5.91 Å². The van der Waals surface area contributed by atoms with E-state index in [-0.39, 0.29) is 17.9 Å². The van der Waals surface area contributed by atoms with Crippen molar-refractivity contribution in [3.63, 3.8) is 0 Å². The number of benzene rings is 2. The molecule has 1 aromatic heterocycles. The van der Waals surface area contributed by atoms with Crippen LogP contribution in [0.1, 0.15) is 23.2 Å². The third-order valence-electron chi connectivity index (χ3n) is 5.26. The summed E-state index contributed by atoms with van der Waals surface area (Å²) in [5.41, 5.74) is 2.18. The van der Waals surface area contributed by atoms with Gasteiger partial charge in [0.2, 0.25) is 5.91 Å². The van der Waals surface area contributed by atoms with Crippen LogP contribution in [0.3, 0.4) is 0 Å². The van der Waals surface area contributed by atoms with Gasteiger partial charge in [-0.05, 0) is 55.3 Å². The van der Waals surface area contributed by atoms with E-state index in [1.165, 1.54) is 0 Å². The molecular weight excluding hydrogens is 400 g/mol. The van der Waals surface area contributed by atoms with Gasteiger partial charge in [0.15, 0.2) is 0 Å². The molecule has 2 aromatic carbocycles. The van der Waals surface area contributed by atoms with Crippen LogP contribution in [0.25, 0.3) is 10.9 Å². The molecule has 1 aliphatic rings. The molecule has 2 amide bonds. The molecule has 3 aromatic rings. The minimum absolute atomic E-state index is 0.0198. The molecule has 2 N–H and O–H groups in total. The second-order valence-corrected chi connectivity index (χ2v) is 7.87. The molecule has 0 aliphatic carbocycles. The van der Waals surface area contributed by atoms with Gasteiger partial charge in [-0.25, -0.2) is 4.98 Å². The van der Waals surface area contributed by atoms with E-state index in [0.29, 0.717) is 17.3 Å². The number of carbonyl (C=O) groups is 2. The monoisotopic (exact) mass is 422 g/mol. The molecule has 0 unspecified atom stereocenters. The highest BCUT2D eigenvalue weighted by atomic mass is 35.5. The largest absolute Gasteiger partial charge is 0.349 e. The number of anilines is 1. The quantitative estimate of drug-likeness (QED) is 0.614. The van der Waals surface area contributed by atoms with Crippen molar-refractivity contribution in [2.75, 3.05) is 25.0 Å². The number of carbonyl (C=O) groups excluding carboxylic acids is 2. The maximum absolute atomic E-state index is 12.7. The summed E-state index contributed by atoms with van der Waals surface area (Å²) in [5.74, 6) is -0.110. The molecule has 7 heteroatoms. The molecule has 4 rings (SSSR count). The van der Waals surface area contributed by atoms with Crippen LogP contribution < -0.4 is 10.6 Å². The fourth-order valence-corrected chi connectivity index (χ4v) is 3.83. The molecule has 0 bridgehead atoms. The molecule has 1 aliphatic heterocycles. The predicted octanol–water partition coefficient (Wildman–Crippen LogP) is 3.72. The summed E-state index contributed by atoms with van der Waals surface area (Å²) in [6.07, 6.45) is 1.63. The molecule has 1 saturated heterocycles. The van der Waals surface area contributed by atoms with Crippen molar-refractivity contribution in [1.82, 2.24) is 15.2 Å². The molecule has 6 nitrogen and oxygen atoms in total. The smallest absolute Gasteiger partial charge is 0.251 e. The Labute approximate surface area is 180 Å². The number of hydrogen-bond donors (Lipinski definition) is 2. The van der Waals surface area contributed by atoms with E-state index in [4.69, 9.17) is 11.6 Å². The first kappa shape index (κ1) is 20.3. The van der Waals surface area contributed by atoms with Crippen molar-refractivity contribution in [3.8, 4) is 0 Å². The maximum atomic E-state index is 12.7. The second kappa shape index (κ2) is 9.24. The van der Waals surface area contributed by atoms with E-state index in [2.05, 4.69) is 20.5 Å². The zero-order valence-electron chi connectivity index (χ0n) is 16.5. The van der Waals surface area contributed by atoms with E-state index in [1.54, 1.807) is 12.1 Å². The first-order chi connectivity index (χ1) is 14.6. The third kappa shape index (κ3) is 5.14. The number of hydrogen-bond acceptors (Lipinski definition) is 4. The molecular formula is C23H23ClN4O2. The lowest BCUT2D eigenvalue weighted by atomic mass is 10.0. The minimum atomic E-state index is -0.0906. The molecule has 2 heterocycles. The van der Waals surface area contributed by atoms with Gasteiger partial charge in [-0.15, -0.1) is 0 Å². The van der Waals surface area contributed by atoms with Crippen molar-refractivity contribution < 1.29 is 9.59 Å². The summed E-state index contributed by atoms with van der Waals surface area (Å²) in [5, 5.41) is 7.34. The van der Waals surface area contributed by atoms with Gasteiger partial charge in [0.05, 0.1) is 12.1 Å². The number of pyridine rings is 1. The van der Waals surface area contributed by atoms with Gasteiger partial charge >= 0.3 is 0 Å². The van der Waals surface area contributed by atoms with Crippen LogP contribution in [-0.2, 0) is 4.79 Å². The number of halogens is 1. The van der Waals surface area contributed by atoms with Crippen LogP contribution >= 0.6 is 11.6 Å². The Morgan fingerprint density at radius 1 is 1.03 bits per heavy atom. The van der Waals surface area contributed by atoms with Gasteiger partial charge in [0, 0.05) is 35.8 Å². The summed E-state index contributed by atoms with van der Waals surface area (Å²) < 4.78 is 0. The summed E-state index contributed by atoms with van der Waals surface area (Å²) in [6, 6.07) is 18.5. The zero-order valence-corrected chi connectivity index (χ0v) is 17.2. The summed E-state index contributed by atoms with van der Waals surface area (Å²) in [7, 11) is 0. The molecule has 0 radical (unpaired) electrons. The number of fused-ring (bicyclic) bond motifs is 1.